The first-order chi connectivity index (χ1) is 16.8. The number of piperazine rings is 1. The molecule has 2 N–H and O–H groups in total. The third-order valence-electron chi connectivity index (χ3n) is 6.07. The molecule has 0 spiro atoms. The smallest absolute Gasteiger partial charge is 0.303 e. The standard InChI is InChI=1S/C23H27N5O5S2/c1-15-4-2-6-27-19(15)24-20(26-10-8-25(9-11-26)12-13-29)16(21(27)32)14-17-22(33)28(23(34)35-17)7-3-5-18(30)31/h2,4,6,14,29H,3,5,7-13H2,1H3,(H,30,31). The van der Waals surface area contributed by atoms with Crippen LogP contribution in [0.5, 0.6) is 0 Å². The number of hydrogen-bond donors (Lipinski definition) is 2. The van der Waals surface area contributed by atoms with E-state index in [2.05, 4.69) is 4.90 Å². The van der Waals surface area contributed by atoms with E-state index in [1.807, 2.05) is 17.9 Å². The van der Waals surface area contributed by atoms with Gasteiger partial charge in [0, 0.05) is 51.9 Å². The van der Waals surface area contributed by atoms with Crippen LogP contribution in [0.3, 0.4) is 0 Å². The lowest BCUT2D eigenvalue weighted by atomic mass is 10.2. The minimum atomic E-state index is -0.930. The highest BCUT2D eigenvalue weighted by Gasteiger charge is 2.33. The van der Waals surface area contributed by atoms with Crippen molar-refractivity contribution in [1.82, 2.24) is 19.2 Å². The zero-order valence-corrected chi connectivity index (χ0v) is 21.0. The molecule has 35 heavy (non-hydrogen) atoms. The highest BCUT2D eigenvalue weighted by Crippen LogP contribution is 2.34. The van der Waals surface area contributed by atoms with Gasteiger partial charge in [-0.1, -0.05) is 30.0 Å². The van der Waals surface area contributed by atoms with Crippen molar-refractivity contribution in [2.45, 2.75) is 19.8 Å². The molecule has 0 bridgehead atoms. The van der Waals surface area contributed by atoms with Gasteiger partial charge < -0.3 is 15.1 Å². The van der Waals surface area contributed by atoms with Crippen molar-refractivity contribution in [2.24, 2.45) is 0 Å². The van der Waals surface area contributed by atoms with Crippen molar-refractivity contribution in [3.8, 4) is 0 Å². The average Bonchev–Trinajstić information content (AvgIpc) is 3.09. The van der Waals surface area contributed by atoms with Gasteiger partial charge in [0.1, 0.15) is 15.8 Å². The zero-order valence-electron chi connectivity index (χ0n) is 19.3. The van der Waals surface area contributed by atoms with Gasteiger partial charge in [0.05, 0.1) is 17.1 Å². The summed E-state index contributed by atoms with van der Waals surface area (Å²) in [6, 6.07) is 3.68. The number of aliphatic hydroxyl groups is 1. The molecule has 0 unspecified atom stereocenters. The molecule has 2 fully saturated rings. The molecule has 0 saturated carbocycles. The topological polar surface area (TPSA) is 119 Å². The summed E-state index contributed by atoms with van der Waals surface area (Å²) < 4.78 is 1.83. The second-order valence-corrected chi connectivity index (χ2v) is 10.1. The highest BCUT2D eigenvalue weighted by atomic mass is 32.2. The Labute approximate surface area is 211 Å². The molecule has 186 valence electrons. The molecule has 12 heteroatoms. The lowest BCUT2D eigenvalue weighted by Gasteiger charge is -2.35. The summed E-state index contributed by atoms with van der Waals surface area (Å²) in [5.74, 6) is -0.748. The number of β-amino-alcohol motifs (C(OH)–C–C–N with tert-alkyl or cyclic N) is 1. The van der Waals surface area contributed by atoms with E-state index in [0.29, 0.717) is 45.9 Å². The van der Waals surface area contributed by atoms with Gasteiger partial charge in [0.15, 0.2) is 0 Å². The van der Waals surface area contributed by atoms with E-state index in [1.165, 1.54) is 9.30 Å². The molecular formula is C23H27N5O5S2. The number of amides is 1. The van der Waals surface area contributed by atoms with Gasteiger partial charge in [0.25, 0.3) is 11.5 Å². The SMILES string of the molecule is Cc1cccn2c(=O)c(C=C3SC(=S)N(CCCC(=O)O)C3=O)c(N3CCN(CCO)CC3)nc12. The maximum absolute atomic E-state index is 13.6. The van der Waals surface area contributed by atoms with Gasteiger partial charge in [-0.25, -0.2) is 4.98 Å². The van der Waals surface area contributed by atoms with Crippen molar-refractivity contribution < 1.29 is 19.8 Å². The number of carboxylic acids is 1. The quantitative estimate of drug-likeness (QED) is 0.390. The van der Waals surface area contributed by atoms with Gasteiger partial charge in [0.2, 0.25) is 0 Å². The molecule has 1 amide bonds. The number of thioether (sulfide) groups is 1. The number of pyridine rings is 1. The second kappa shape index (κ2) is 10.9. The molecule has 4 rings (SSSR count). The Hall–Kier alpha value is -2.80. The lowest BCUT2D eigenvalue weighted by Crippen LogP contribution is -2.48. The number of carbonyl (C=O) groups excluding carboxylic acids is 1. The monoisotopic (exact) mass is 517 g/mol. The third-order valence-corrected chi connectivity index (χ3v) is 7.45. The summed E-state index contributed by atoms with van der Waals surface area (Å²) in [6.45, 7) is 5.50. The Kier molecular flexibility index (Phi) is 7.85. The van der Waals surface area contributed by atoms with Crippen molar-refractivity contribution in [3.05, 3.63) is 44.7 Å². The van der Waals surface area contributed by atoms with Gasteiger partial charge in [-0.15, -0.1) is 0 Å². The first-order valence-electron chi connectivity index (χ1n) is 11.4. The molecule has 10 nitrogen and oxygen atoms in total. The van der Waals surface area contributed by atoms with Gasteiger partial charge in [-0.2, -0.15) is 0 Å². The molecule has 0 atom stereocenters. The van der Waals surface area contributed by atoms with E-state index < -0.39 is 5.97 Å². The minimum Gasteiger partial charge on any atom is -0.481 e. The predicted octanol–water partition coefficient (Wildman–Crippen LogP) is 1.18. The third kappa shape index (κ3) is 5.40. The molecular weight excluding hydrogens is 490 g/mol. The van der Waals surface area contributed by atoms with Crippen molar-refractivity contribution in [1.29, 1.82) is 0 Å². The van der Waals surface area contributed by atoms with E-state index in [-0.39, 0.29) is 37.5 Å². The van der Waals surface area contributed by atoms with Crippen LogP contribution < -0.4 is 10.5 Å². The van der Waals surface area contributed by atoms with Crippen LogP contribution in [0.2, 0.25) is 0 Å². The fraction of sp³-hybridized carbons (Fsp3) is 0.435. The van der Waals surface area contributed by atoms with E-state index in [0.717, 1.165) is 30.4 Å². The Bertz CT molecular complexity index is 1250. The molecule has 2 aliphatic heterocycles. The number of carboxylic acid groups (broad SMARTS) is 1. The van der Waals surface area contributed by atoms with Crippen LogP contribution in [0, 0.1) is 6.92 Å². The fourth-order valence-corrected chi connectivity index (χ4v) is 5.50. The largest absolute Gasteiger partial charge is 0.481 e. The first-order valence-corrected chi connectivity index (χ1v) is 12.6. The van der Waals surface area contributed by atoms with Crippen LogP contribution in [0.4, 0.5) is 5.82 Å². The fourth-order valence-electron chi connectivity index (χ4n) is 4.20. The molecule has 0 radical (unpaired) electrons. The van der Waals surface area contributed by atoms with E-state index in [1.54, 1.807) is 18.3 Å². The number of aliphatic carboxylic acids is 1. The highest BCUT2D eigenvalue weighted by molar-refractivity contribution is 8.26. The molecule has 4 heterocycles. The normalized spacial score (nSPS) is 18.3. The van der Waals surface area contributed by atoms with Crippen molar-refractivity contribution in [3.63, 3.8) is 0 Å². The number of anilines is 1. The molecule has 2 saturated heterocycles. The summed E-state index contributed by atoms with van der Waals surface area (Å²) in [5, 5.41) is 18.1. The number of aliphatic hydroxyl groups excluding tert-OH is 1. The number of thiocarbonyl (C=S) groups is 1. The Balaban J connectivity index is 1.72. The second-order valence-electron chi connectivity index (χ2n) is 8.42. The van der Waals surface area contributed by atoms with Crippen LogP contribution in [-0.2, 0) is 9.59 Å². The number of carbonyl (C=O) groups is 2. The Morgan fingerprint density at radius 1 is 1.23 bits per heavy atom. The van der Waals surface area contributed by atoms with Gasteiger partial charge >= 0.3 is 5.97 Å². The number of aryl methyl sites for hydroxylation is 1. The van der Waals surface area contributed by atoms with Crippen LogP contribution >= 0.6 is 24.0 Å². The maximum atomic E-state index is 13.6. The zero-order chi connectivity index (χ0) is 25.1. The van der Waals surface area contributed by atoms with E-state index in [4.69, 9.17) is 22.3 Å². The Morgan fingerprint density at radius 2 is 1.97 bits per heavy atom. The number of fused-ring (bicyclic) bond motifs is 1. The summed E-state index contributed by atoms with van der Waals surface area (Å²) >= 11 is 6.46. The van der Waals surface area contributed by atoms with Gasteiger partial charge in [-0.3, -0.25) is 28.6 Å². The van der Waals surface area contributed by atoms with Crippen LogP contribution in [0.15, 0.2) is 28.0 Å². The minimum absolute atomic E-state index is 0.0577. The average molecular weight is 518 g/mol. The number of rotatable bonds is 8. The summed E-state index contributed by atoms with van der Waals surface area (Å²) in [7, 11) is 0. The molecule has 2 aromatic heterocycles. The number of hydrogen-bond acceptors (Lipinski definition) is 9. The molecule has 0 aliphatic carbocycles. The van der Waals surface area contributed by atoms with Gasteiger partial charge in [-0.05, 0) is 31.1 Å². The first kappa shape index (κ1) is 25.3. The van der Waals surface area contributed by atoms with Crippen LogP contribution in [-0.4, -0.2) is 91.5 Å². The van der Waals surface area contributed by atoms with Crippen LogP contribution in [0.25, 0.3) is 11.7 Å². The summed E-state index contributed by atoms with van der Waals surface area (Å²) in [5.41, 5.74) is 1.46. The van der Waals surface area contributed by atoms with Crippen molar-refractivity contribution >= 4 is 57.7 Å². The molecule has 2 aromatic rings. The van der Waals surface area contributed by atoms with Crippen molar-refractivity contribution in [2.75, 3.05) is 50.8 Å². The predicted molar refractivity (Wildman–Crippen MR) is 139 cm³/mol. The number of nitrogens with zero attached hydrogens (tertiary/aromatic N) is 5. The van der Waals surface area contributed by atoms with Crippen LogP contribution in [0.1, 0.15) is 24.0 Å². The Morgan fingerprint density at radius 3 is 2.66 bits per heavy atom. The molecule has 0 aromatic carbocycles. The summed E-state index contributed by atoms with van der Waals surface area (Å²) in [6.07, 6.45) is 3.46. The van der Waals surface area contributed by atoms with E-state index >= 15 is 0 Å². The van der Waals surface area contributed by atoms with E-state index in [9.17, 15) is 19.5 Å². The number of aromatic nitrogens is 2. The lowest BCUT2D eigenvalue weighted by molar-refractivity contribution is -0.137. The summed E-state index contributed by atoms with van der Waals surface area (Å²) in [4.78, 5) is 48.2. The maximum Gasteiger partial charge on any atom is 0.303 e. The molecule has 2 aliphatic rings.